The molecule has 0 saturated carbocycles. The first-order valence-electron chi connectivity index (χ1n) is 21.8. The third-order valence-corrected chi connectivity index (χ3v) is 13.1. The summed E-state index contributed by atoms with van der Waals surface area (Å²) in [7, 11) is 1.52. The summed E-state index contributed by atoms with van der Waals surface area (Å²) in [5, 5.41) is 64.7. The van der Waals surface area contributed by atoms with Crippen LogP contribution in [0.15, 0.2) is 36.5 Å². The fourth-order valence-corrected chi connectivity index (χ4v) is 8.74. The van der Waals surface area contributed by atoms with Gasteiger partial charge in [0, 0.05) is 56.3 Å². The van der Waals surface area contributed by atoms with Gasteiger partial charge in [0.1, 0.15) is 6.10 Å². The number of hydrogen-bond donors (Lipinski definition) is 6. The van der Waals surface area contributed by atoms with Gasteiger partial charge in [0.05, 0.1) is 48.8 Å². The average molecular weight is 795 g/mol. The van der Waals surface area contributed by atoms with Gasteiger partial charge in [0.25, 0.3) is 0 Å². The standard InChI is InChI=1S/C45H78O11/c1-8-33-15-12-10-11-13-17-37(48)31(5)38(49)26-35(53-7)27-39(50)32(6)44(52)30(4)18-21-43(51)54-42-28-45(55-40(20-19-33)36(42)16-14-24-46)23-22-29(3)41(56-45)25-34(47)9-2/h10-12,15,18,21,29-42,44,46-50,52H,8-9,13-14,16-17,19-20,22-28H2,1-7H3/t29-,30-,31+,32-,33-,34+,35+,36+,37+,38-,39+,40-,41-,42-,44+,45-/m0/s1. The maximum Gasteiger partial charge on any atom is 0.330 e. The van der Waals surface area contributed by atoms with Crippen molar-refractivity contribution < 1.29 is 54.4 Å². The van der Waals surface area contributed by atoms with Crippen molar-refractivity contribution in [3.63, 3.8) is 0 Å². The minimum Gasteiger partial charge on any atom is -0.459 e. The maximum atomic E-state index is 13.6. The Bertz CT molecular complexity index is 1210. The van der Waals surface area contributed by atoms with Crippen molar-refractivity contribution in [3.8, 4) is 0 Å². The smallest absolute Gasteiger partial charge is 0.330 e. The molecule has 3 aliphatic heterocycles. The molecule has 324 valence electrons. The normalized spacial score (nSPS) is 41.0. The highest BCUT2D eigenvalue weighted by atomic mass is 16.7. The van der Waals surface area contributed by atoms with Crippen LogP contribution in [0.25, 0.3) is 0 Å². The van der Waals surface area contributed by atoms with Crippen LogP contribution in [0.4, 0.5) is 0 Å². The third kappa shape index (κ3) is 14.9. The highest BCUT2D eigenvalue weighted by molar-refractivity contribution is 5.82. The van der Waals surface area contributed by atoms with Crippen molar-refractivity contribution in [2.24, 2.45) is 35.5 Å². The summed E-state index contributed by atoms with van der Waals surface area (Å²) in [6, 6.07) is 0. The zero-order valence-electron chi connectivity index (χ0n) is 35.5. The van der Waals surface area contributed by atoms with Gasteiger partial charge in [0.2, 0.25) is 0 Å². The van der Waals surface area contributed by atoms with Gasteiger partial charge < -0.3 is 49.6 Å². The first-order valence-corrected chi connectivity index (χ1v) is 21.8. The molecule has 0 amide bonds. The number of fused-ring (bicyclic) bond motifs is 2. The van der Waals surface area contributed by atoms with Crippen LogP contribution in [0.3, 0.4) is 0 Å². The number of carbonyl (C=O) groups is 1. The minimum absolute atomic E-state index is 0.00761. The molecule has 3 heterocycles. The molecule has 2 fully saturated rings. The van der Waals surface area contributed by atoms with Crippen molar-refractivity contribution >= 4 is 5.97 Å². The third-order valence-electron chi connectivity index (χ3n) is 13.1. The molecule has 0 aromatic carbocycles. The summed E-state index contributed by atoms with van der Waals surface area (Å²) in [6.45, 7) is 11.6. The molecule has 1 spiro atoms. The first kappa shape index (κ1) is 48.7. The predicted octanol–water partition coefficient (Wildman–Crippen LogP) is 6.16. The van der Waals surface area contributed by atoms with Gasteiger partial charge in [-0.2, -0.15) is 0 Å². The lowest BCUT2D eigenvalue weighted by Crippen LogP contribution is -2.58. The average Bonchev–Trinajstić information content (AvgIpc) is 3.18. The Morgan fingerprint density at radius 3 is 2.27 bits per heavy atom. The Morgan fingerprint density at radius 2 is 1.61 bits per heavy atom. The predicted molar refractivity (Wildman–Crippen MR) is 217 cm³/mol. The Morgan fingerprint density at radius 1 is 0.893 bits per heavy atom. The minimum atomic E-state index is -0.981. The lowest BCUT2D eigenvalue weighted by molar-refractivity contribution is -0.349. The number of allylic oxidation sites excluding steroid dienone is 4. The van der Waals surface area contributed by atoms with E-state index >= 15 is 0 Å². The second-order valence-corrected chi connectivity index (χ2v) is 17.3. The van der Waals surface area contributed by atoms with E-state index < -0.39 is 72.2 Å². The van der Waals surface area contributed by atoms with Crippen LogP contribution in [0.1, 0.15) is 131 Å². The summed E-state index contributed by atoms with van der Waals surface area (Å²) in [6.07, 6.45) is 13.9. The van der Waals surface area contributed by atoms with Gasteiger partial charge in [-0.1, -0.05) is 71.9 Å². The van der Waals surface area contributed by atoms with Crippen molar-refractivity contribution in [1.82, 2.24) is 0 Å². The molecule has 0 radical (unpaired) electrons. The van der Waals surface area contributed by atoms with Crippen molar-refractivity contribution in [2.45, 2.75) is 192 Å². The number of carbonyl (C=O) groups excluding carboxylic acids is 1. The van der Waals surface area contributed by atoms with E-state index in [-0.39, 0.29) is 49.4 Å². The summed E-state index contributed by atoms with van der Waals surface area (Å²) in [4.78, 5) is 13.6. The van der Waals surface area contributed by atoms with Crippen LogP contribution in [-0.4, -0.2) is 111 Å². The quantitative estimate of drug-likeness (QED) is 0.155. The molecule has 0 aromatic heterocycles. The molecule has 11 heteroatoms. The van der Waals surface area contributed by atoms with E-state index in [1.165, 1.54) is 13.2 Å². The van der Waals surface area contributed by atoms with Gasteiger partial charge in [0.15, 0.2) is 5.79 Å². The number of rotatable bonds is 8. The summed E-state index contributed by atoms with van der Waals surface area (Å²) in [5.74, 6) is -2.65. The van der Waals surface area contributed by atoms with Crippen LogP contribution in [0.5, 0.6) is 0 Å². The summed E-state index contributed by atoms with van der Waals surface area (Å²) in [5.41, 5.74) is 0. The van der Waals surface area contributed by atoms with Gasteiger partial charge in [-0.15, -0.1) is 0 Å². The van der Waals surface area contributed by atoms with Crippen molar-refractivity contribution in [3.05, 3.63) is 36.5 Å². The second kappa shape index (κ2) is 24.4. The fourth-order valence-electron chi connectivity index (χ4n) is 8.74. The number of ether oxygens (including phenoxy) is 4. The van der Waals surface area contributed by atoms with E-state index in [0.29, 0.717) is 57.8 Å². The van der Waals surface area contributed by atoms with Crippen LogP contribution in [0.2, 0.25) is 0 Å². The topological polar surface area (TPSA) is 175 Å². The number of hydrogen-bond acceptors (Lipinski definition) is 11. The van der Waals surface area contributed by atoms with Gasteiger partial charge in [-0.25, -0.2) is 4.79 Å². The highest BCUT2D eigenvalue weighted by Gasteiger charge is 2.52. The Labute approximate surface area is 337 Å². The zero-order valence-corrected chi connectivity index (χ0v) is 35.5. The number of aliphatic hydroxyl groups is 6. The molecule has 16 atom stereocenters. The second-order valence-electron chi connectivity index (χ2n) is 17.3. The van der Waals surface area contributed by atoms with E-state index in [2.05, 4.69) is 26.0 Å². The molecule has 56 heavy (non-hydrogen) atoms. The first-order chi connectivity index (χ1) is 26.7. The molecule has 2 bridgehead atoms. The van der Waals surface area contributed by atoms with Crippen LogP contribution < -0.4 is 0 Å². The number of esters is 1. The van der Waals surface area contributed by atoms with Crippen molar-refractivity contribution in [2.75, 3.05) is 13.7 Å². The molecule has 3 rings (SSSR count). The Balaban J connectivity index is 1.95. The zero-order chi connectivity index (χ0) is 41.4. The molecule has 11 nitrogen and oxygen atoms in total. The monoisotopic (exact) mass is 795 g/mol. The van der Waals surface area contributed by atoms with Crippen molar-refractivity contribution in [1.29, 1.82) is 0 Å². The Kier molecular flexibility index (Phi) is 21.2. The highest BCUT2D eigenvalue weighted by Crippen LogP contribution is 2.47. The van der Waals surface area contributed by atoms with E-state index in [0.717, 1.165) is 19.3 Å². The van der Waals surface area contributed by atoms with Gasteiger partial charge in [-0.05, 0) is 88.9 Å². The van der Waals surface area contributed by atoms with Gasteiger partial charge in [-0.3, -0.25) is 0 Å². The molecular weight excluding hydrogens is 716 g/mol. The number of methoxy groups -OCH3 is 1. The molecule has 3 aliphatic rings. The number of aliphatic hydroxyl groups excluding tert-OH is 6. The fraction of sp³-hybridized carbons (Fsp3) is 0.844. The van der Waals surface area contributed by atoms with Crippen LogP contribution >= 0.6 is 0 Å². The largest absolute Gasteiger partial charge is 0.459 e. The molecule has 0 aliphatic carbocycles. The molecule has 0 aromatic rings. The van der Waals surface area contributed by atoms with E-state index in [4.69, 9.17) is 18.9 Å². The summed E-state index contributed by atoms with van der Waals surface area (Å²) < 4.78 is 25.7. The maximum absolute atomic E-state index is 13.6. The van der Waals surface area contributed by atoms with E-state index in [1.54, 1.807) is 19.9 Å². The molecule has 6 N–H and O–H groups in total. The lowest BCUT2D eigenvalue weighted by Gasteiger charge is -2.52. The van der Waals surface area contributed by atoms with Crippen LogP contribution in [-0.2, 0) is 23.7 Å². The van der Waals surface area contributed by atoms with E-state index in [9.17, 15) is 35.4 Å². The molecule has 2 saturated heterocycles. The summed E-state index contributed by atoms with van der Waals surface area (Å²) >= 11 is 0. The Hall–Kier alpha value is -1.67. The van der Waals surface area contributed by atoms with Gasteiger partial charge >= 0.3 is 5.97 Å². The molecule has 0 unspecified atom stereocenters. The SMILES string of the molecule is CC[C@@H](O)C[C@@H]1O[C@@]2(CC[C@@H]1C)C[C@@H]1OC(=O)C=C[C@H](C)[C@@H](O)[C@@H](C)[C@H](O)C[C@H](OC)C[C@H](O)[C@H](C)[C@H](O)CCC=CC=C[C@H](CC)CC[C@H](O2)[C@H]1CCCO. The lowest BCUT2D eigenvalue weighted by atomic mass is 9.78. The van der Waals surface area contributed by atoms with Crippen LogP contribution in [0, 0.1) is 35.5 Å². The van der Waals surface area contributed by atoms with E-state index in [1.807, 2.05) is 26.0 Å². The molecular formula is C45H78O11.